The van der Waals surface area contributed by atoms with Crippen LogP contribution in [0.2, 0.25) is 0 Å². The molecule has 76 valence electrons. The van der Waals surface area contributed by atoms with Crippen LogP contribution in [0.15, 0.2) is 0 Å². The molecule has 2 heteroatoms. The van der Waals surface area contributed by atoms with Crippen LogP contribution in [0.3, 0.4) is 0 Å². The maximum atomic E-state index is 3.69. The summed E-state index contributed by atoms with van der Waals surface area (Å²) in [5.74, 6) is 1.98. The van der Waals surface area contributed by atoms with Crippen LogP contribution >= 0.6 is 0 Å². The molecule has 0 aromatic rings. The molecule has 2 rings (SSSR count). The molecule has 1 N–H and O–H groups in total. The molecule has 1 saturated carbocycles. The molecule has 13 heavy (non-hydrogen) atoms. The molecule has 0 amide bonds. The molecule has 1 saturated heterocycles. The van der Waals surface area contributed by atoms with E-state index in [0.29, 0.717) is 0 Å². The van der Waals surface area contributed by atoms with E-state index in [1.165, 1.54) is 25.9 Å². The van der Waals surface area contributed by atoms with E-state index in [1.807, 2.05) is 0 Å². The smallest absolute Gasteiger partial charge is 0.0209 e. The Labute approximate surface area is 81.7 Å². The van der Waals surface area contributed by atoms with Gasteiger partial charge in [0.1, 0.15) is 0 Å². The van der Waals surface area contributed by atoms with Crippen LogP contribution in [0.4, 0.5) is 0 Å². The van der Waals surface area contributed by atoms with E-state index in [2.05, 4.69) is 31.1 Å². The largest absolute Gasteiger partial charge is 0.312 e. The number of likely N-dealkylation sites (N-methyl/N-ethyl adjacent to an activating group) is 1. The number of hydrogen-bond acceptors (Lipinski definition) is 2. The minimum atomic E-state index is 0.757. The zero-order chi connectivity index (χ0) is 9.42. The molecular formula is C11H22N2. The summed E-state index contributed by atoms with van der Waals surface area (Å²) in [6.45, 7) is 7.17. The molecule has 1 aliphatic heterocycles. The molecule has 0 spiro atoms. The van der Waals surface area contributed by atoms with Gasteiger partial charge in [0.15, 0.2) is 0 Å². The quantitative estimate of drug-likeness (QED) is 0.708. The highest BCUT2D eigenvalue weighted by Crippen LogP contribution is 2.37. The van der Waals surface area contributed by atoms with E-state index in [9.17, 15) is 0 Å². The van der Waals surface area contributed by atoms with Crippen molar-refractivity contribution in [2.24, 2.45) is 11.8 Å². The molecule has 0 aromatic carbocycles. The summed E-state index contributed by atoms with van der Waals surface area (Å²) in [7, 11) is 2.23. The van der Waals surface area contributed by atoms with E-state index in [0.717, 1.165) is 23.9 Å². The van der Waals surface area contributed by atoms with Gasteiger partial charge in [-0.25, -0.2) is 0 Å². The number of likely N-dealkylation sites (tertiary alicyclic amines) is 1. The van der Waals surface area contributed by atoms with Crippen molar-refractivity contribution in [2.75, 3.05) is 20.1 Å². The molecule has 4 atom stereocenters. The van der Waals surface area contributed by atoms with Gasteiger partial charge in [-0.05, 0) is 45.2 Å². The fourth-order valence-corrected chi connectivity index (χ4v) is 2.34. The lowest BCUT2D eigenvalue weighted by Crippen LogP contribution is -2.33. The van der Waals surface area contributed by atoms with Crippen molar-refractivity contribution in [3.63, 3.8) is 0 Å². The zero-order valence-corrected chi connectivity index (χ0v) is 9.09. The lowest BCUT2D eigenvalue weighted by molar-refractivity contribution is 0.326. The third kappa shape index (κ3) is 2.23. The highest BCUT2D eigenvalue weighted by atomic mass is 15.2. The van der Waals surface area contributed by atoms with Gasteiger partial charge in [-0.2, -0.15) is 0 Å². The molecular weight excluding hydrogens is 160 g/mol. The molecule has 0 bridgehead atoms. The predicted molar refractivity (Wildman–Crippen MR) is 55.8 cm³/mol. The van der Waals surface area contributed by atoms with Gasteiger partial charge >= 0.3 is 0 Å². The van der Waals surface area contributed by atoms with Gasteiger partial charge in [0.05, 0.1) is 0 Å². The van der Waals surface area contributed by atoms with Crippen LogP contribution in [0.1, 0.15) is 26.7 Å². The van der Waals surface area contributed by atoms with Crippen LogP contribution in [0.5, 0.6) is 0 Å². The van der Waals surface area contributed by atoms with Gasteiger partial charge < -0.3 is 10.2 Å². The fraction of sp³-hybridized carbons (Fsp3) is 1.00. The summed E-state index contributed by atoms with van der Waals surface area (Å²) in [4.78, 5) is 2.45. The predicted octanol–water partition coefficient (Wildman–Crippen LogP) is 1.32. The van der Waals surface area contributed by atoms with Gasteiger partial charge in [0.2, 0.25) is 0 Å². The molecule has 1 heterocycles. The summed E-state index contributed by atoms with van der Waals surface area (Å²) in [6.07, 6.45) is 2.78. The molecule has 0 radical (unpaired) electrons. The lowest BCUT2D eigenvalue weighted by Gasteiger charge is -2.13. The molecule has 4 unspecified atom stereocenters. The summed E-state index contributed by atoms with van der Waals surface area (Å²) in [5, 5.41) is 3.69. The van der Waals surface area contributed by atoms with Crippen molar-refractivity contribution in [1.29, 1.82) is 0 Å². The van der Waals surface area contributed by atoms with E-state index in [4.69, 9.17) is 0 Å². The zero-order valence-electron chi connectivity index (χ0n) is 9.09. The Kier molecular flexibility index (Phi) is 2.61. The molecule has 2 aliphatic rings. The summed E-state index contributed by atoms with van der Waals surface area (Å²) >= 11 is 0. The topological polar surface area (TPSA) is 15.3 Å². The Bertz CT molecular complexity index is 171. The normalized spacial score (nSPS) is 45.5. The summed E-state index contributed by atoms with van der Waals surface area (Å²) in [6, 6.07) is 1.53. The van der Waals surface area contributed by atoms with Crippen LogP contribution < -0.4 is 5.32 Å². The van der Waals surface area contributed by atoms with Gasteiger partial charge in [0.25, 0.3) is 0 Å². The Balaban J connectivity index is 1.66. The second-order valence-electron chi connectivity index (χ2n) is 5.10. The van der Waals surface area contributed by atoms with Crippen LogP contribution in [-0.2, 0) is 0 Å². The van der Waals surface area contributed by atoms with E-state index in [-0.39, 0.29) is 0 Å². The minimum absolute atomic E-state index is 0.757. The number of nitrogens with one attached hydrogen (secondary N) is 1. The van der Waals surface area contributed by atoms with Crippen molar-refractivity contribution in [2.45, 2.75) is 38.8 Å². The first-order valence-electron chi connectivity index (χ1n) is 5.60. The number of rotatable bonds is 3. The highest BCUT2D eigenvalue weighted by Gasteiger charge is 2.33. The lowest BCUT2D eigenvalue weighted by atomic mass is 10.2. The van der Waals surface area contributed by atoms with E-state index < -0.39 is 0 Å². The molecule has 2 fully saturated rings. The van der Waals surface area contributed by atoms with Crippen molar-refractivity contribution in [3.05, 3.63) is 0 Å². The number of hydrogen-bond donors (Lipinski definition) is 1. The average molecular weight is 182 g/mol. The van der Waals surface area contributed by atoms with Crippen LogP contribution in [-0.4, -0.2) is 37.1 Å². The Morgan fingerprint density at radius 3 is 2.46 bits per heavy atom. The van der Waals surface area contributed by atoms with Gasteiger partial charge in [-0.1, -0.05) is 6.92 Å². The summed E-state index contributed by atoms with van der Waals surface area (Å²) in [5.41, 5.74) is 0. The fourth-order valence-electron chi connectivity index (χ4n) is 2.34. The standard InChI is InChI=1S/C11H22N2/c1-8-4-10(8)6-12-11-5-9(2)13(3)7-11/h8-12H,4-7H2,1-3H3. The Morgan fingerprint density at radius 1 is 1.31 bits per heavy atom. The van der Waals surface area contributed by atoms with E-state index >= 15 is 0 Å². The second kappa shape index (κ2) is 3.58. The van der Waals surface area contributed by atoms with Gasteiger partial charge in [-0.15, -0.1) is 0 Å². The van der Waals surface area contributed by atoms with Crippen molar-refractivity contribution in [3.8, 4) is 0 Å². The monoisotopic (exact) mass is 182 g/mol. The van der Waals surface area contributed by atoms with Crippen molar-refractivity contribution in [1.82, 2.24) is 10.2 Å². The molecule has 2 nitrogen and oxygen atoms in total. The number of nitrogens with zero attached hydrogens (tertiary/aromatic N) is 1. The highest BCUT2D eigenvalue weighted by molar-refractivity contribution is 4.89. The summed E-state index contributed by atoms with van der Waals surface area (Å²) < 4.78 is 0. The van der Waals surface area contributed by atoms with E-state index in [1.54, 1.807) is 0 Å². The maximum absolute atomic E-state index is 3.69. The third-order valence-corrected chi connectivity index (χ3v) is 3.83. The first-order chi connectivity index (χ1) is 6.16. The van der Waals surface area contributed by atoms with Crippen LogP contribution in [0.25, 0.3) is 0 Å². The third-order valence-electron chi connectivity index (χ3n) is 3.83. The van der Waals surface area contributed by atoms with Crippen LogP contribution in [0, 0.1) is 11.8 Å². The van der Waals surface area contributed by atoms with Gasteiger partial charge in [-0.3, -0.25) is 0 Å². The first kappa shape index (κ1) is 9.47. The first-order valence-corrected chi connectivity index (χ1v) is 5.60. The second-order valence-corrected chi connectivity index (χ2v) is 5.10. The Hall–Kier alpha value is -0.0800. The molecule has 0 aromatic heterocycles. The average Bonchev–Trinajstić information content (AvgIpc) is 2.68. The Morgan fingerprint density at radius 2 is 2.00 bits per heavy atom. The van der Waals surface area contributed by atoms with Crippen molar-refractivity contribution < 1.29 is 0 Å². The van der Waals surface area contributed by atoms with Crippen molar-refractivity contribution >= 4 is 0 Å². The maximum Gasteiger partial charge on any atom is 0.0209 e. The molecule has 1 aliphatic carbocycles. The SMILES string of the molecule is CC1CC1CNC1CC(C)N(C)C1. The minimum Gasteiger partial charge on any atom is -0.312 e. The van der Waals surface area contributed by atoms with Gasteiger partial charge in [0, 0.05) is 18.6 Å².